The topological polar surface area (TPSA) is 20.3 Å². The van der Waals surface area contributed by atoms with E-state index in [2.05, 4.69) is 41.9 Å². The molecule has 1 heterocycles. The Kier molecular flexibility index (Phi) is 5.03. The van der Waals surface area contributed by atoms with Crippen LogP contribution in [0.2, 0.25) is 0 Å². The zero-order valence-electron chi connectivity index (χ0n) is 11.7. The molecule has 1 aliphatic heterocycles. The molecule has 1 amide bonds. The number of rotatable bonds is 3. The molecule has 0 radical (unpaired) electrons. The van der Waals surface area contributed by atoms with Crippen LogP contribution < -0.4 is 0 Å². The van der Waals surface area contributed by atoms with Gasteiger partial charge in [0.05, 0.1) is 5.92 Å². The quantitative estimate of drug-likeness (QED) is 0.774. The van der Waals surface area contributed by atoms with E-state index in [1.54, 1.807) is 0 Å². The molecular weight excluding hydrogens is 302 g/mol. The van der Waals surface area contributed by atoms with Crippen molar-refractivity contribution in [1.29, 1.82) is 0 Å². The van der Waals surface area contributed by atoms with Crippen molar-refractivity contribution in [3.63, 3.8) is 0 Å². The van der Waals surface area contributed by atoms with Crippen molar-refractivity contribution < 1.29 is 4.79 Å². The molecule has 1 fully saturated rings. The summed E-state index contributed by atoms with van der Waals surface area (Å²) in [5, 5.41) is 0. The number of carbonyl (C=O) groups excluding carboxylic acids is 1. The second-order valence-electron chi connectivity index (χ2n) is 5.44. The minimum atomic E-state index is 0.0141. The maximum Gasteiger partial charge on any atom is 0.230 e. The zero-order valence-corrected chi connectivity index (χ0v) is 13.3. The summed E-state index contributed by atoms with van der Waals surface area (Å²) in [6.07, 6.45) is 1.92. The molecule has 0 bridgehead atoms. The van der Waals surface area contributed by atoms with Gasteiger partial charge in [0.2, 0.25) is 5.91 Å². The van der Waals surface area contributed by atoms with Crippen LogP contribution >= 0.6 is 15.9 Å². The largest absolute Gasteiger partial charge is 0.342 e. The summed E-state index contributed by atoms with van der Waals surface area (Å²) in [5.74, 6) is 0.839. The average Bonchev–Trinajstić information content (AvgIpc) is 2.44. The lowest BCUT2D eigenvalue weighted by Crippen LogP contribution is -2.45. The van der Waals surface area contributed by atoms with Gasteiger partial charge in [0.15, 0.2) is 0 Å². The summed E-state index contributed by atoms with van der Waals surface area (Å²) in [6, 6.07) is 10.1. The summed E-state index contributed by atoms with van der Waals surface area (Å²) in [4.78, 5) is 15.3. The minimum Gasteiger partial charge on any atom is -0.342 e. The molecule has 104 valence electrons. The van der Waals surface area contributed by atoms with Gasteiger partial charge in [-0.3, -0.25) is 4.79 Å². The highest BCUT2D eigenvalue weighted by Gasteiger charge is 2.30. The maximum absolute atomic E-state index is 12.7. The van der Waals surface area contributed by atoms with E-state index in [0.29, 0.717) is 16.7 Å². The smallest absolute Gasteiger partial charge is 0.230 e. The number of hydrogen-bond acceptors (Lipinski definition) is 1. The van der Waals surface area contributed by atoms with Crippen molar-refractivity contribution in [1.82, 2.24) is 4.90 Å². The van der Waals surface area contributed by atoms with Crippen LogP contribution in [-0.4, -0.2) is 28.7 Å². The van der Waals surface area contributed by atoms with E-state index < -0.39 is 0 Å². The Bertz CT molecular complexity index is 420. The van der Waals surface area contributed by atoms with Crippen molar-refractivity contribution in [2.24, 2.45) is 5.92 Å². The molecule has 1 saturated heterocycles. The van der Waals surface area contributed by atoms with E-state index in [9.17, 15) is 4.79 Å². The normalized spacial score (nSPS) is 25.1. The van der Waals surface area contributed by atoms with Crippen LogP contribution in [0.4, 0.5) is 0 Å². The minimum absolute atomic E-state index is 0.0141. The number of hydrogen-bond donors (Lipinski definition) is 0. The monoisotopic (exact) mass is 323 g/mol. The Balaban J connectivity index is 2.09. The molecule has 0 saturated carbocycles. The SMILES string of the molecule is CCC(C(=O)N1CCC(Br)C(C)C1)c1ccccc1. The summed E-state index contributed by atoms with van der Waals surface area (Å²) in [6.45, 7) is 6.05. The van der Waals surface area contributed by atoms with Crippen molar-refractivity contribution in [3.8, 4) is 0 Å². The van der Waals surface area contributed by atoms with Gasteiger partial charge < -0.3 is 4.90 Å². The molecule has 2 rings (SSSR count). The van der Waals surface area contributed by atoms with Gasteiger partial charge in [0, 0.05) is 17.9 Å². The van der Waals surface area contributed by atoms with E-state index in [4.69, 9.17) is 0 Å². The van der Waals surface area contributed by atoms with Gasteiger partial charge in [-0.05, 0) is 24.3 Å². The predicted octanol–water partition coefficient (Wildman–Crippen LogP) is 3.81. The van der Waals surface area contributed by atoms with Crippen molar-refractivity contribution in [2.75, 3.05) is 13.1 Å². The Labute approximate surface area is 124 Å². The molecule has 3 unspecified atom stereocenters. The third kappa shape index (κ3) is 3.38. The Hall–Kier alpha value is -0.830. The van der Waals surface area contributed by atoms with E-state index >= 15 is 0 Å². The zero-order chi connectivity index (χ0) is 13.8. The first-order chi connectivity index (χ1) is 9.13. The molecule has 0 aliphatic carbocycles. The number of halogens is 1. The van der Waals surface area contributed by atoms with Crippen LogP contribution in [0.15, 0.2) is 30.3 Å². The fourth-order valence-corrected chi connectivity index (χ4v) is 3.15. The molecule has 0 spiro atoms. The number of nitrogens with zero attached hydrogens (tertiary/aromatic N) is 1. The first-order valence-corrected chi connectivity index (χ1v) is 8.02. The highest BCUT2D eigenvalue weighted by atomic mass is 79.9. The highest BCUT2D eigenvalue weighted by molar-refractivity contribution is 9.09. The predicted molar refractivity (Wildman–Crippen MR) is 82.6 cm³/mol. The van der Waals surface area contributed by atoms with Gasteiger partial charge in [-0.25, -0.2) is 0 Å². The third-order valence-corrected chi connectivity index (χ3v) is 5.38. The van der Waals surface area contributed by atoms with Crippen LogP contribution in [0.25, 0.3) is 0 Å². The summed E-state index contributed by atoms with van der Waals surface area (Å²) in [5.41, 5.74) is 1.14. The summed E-state index contributed by atoms with van der Waals surface area (Å²) >= 11 is 3.69. The number of piperidine rings is 1. The van der Waals surface area contributed by atoms with Crippen LogP contribution in [0, 0.1) is 5.92 Å². The second kappa shape index (κ2) is 6.56. The van der Waals surface area contributed by atoms with Crippen molar-refractivity contribution in [3.05, 3.63) is 35.9 Å². The van der Waals surface area contributed by atoms with Crippen LogP contribution in [0.3, 0.4) is 0 Å². The average molecular weight is 324 g/mol. The van der Waals surface area contributed by atoms with E-state index in [-0.39, 0.29) is 5.92 Å². The van der Waals surface area contributed by atoms with Crippen LogP contribution in [0.1, 0.15) is 38.2 Å². The molecule has 3 heteroatoms. The van der Waals surface area contributed by atoms with E-state index in [1.165, 1.54) is 0 Å². The third-order valence-electron chi connectivity index (χ3n) is 4.02. The molecule has 2 nitrogen and oxygen atoms in total. The molecule has 3 atom stereocenters. The Morgan fingerprint density at radius 1 is 1.42 bits per heavy atom. The Morgan fingerprint density at radius 3 is 2.68 bits per heavy atom. The second-order valence-corrected chi connectivity index (χ2v) is 6.61. The summed E-state index contributed by atoms with van der Waals surface area (Å²) < 4.78 is 0. The van der Waals surface area contributed by atoms with Gasteiger partial charge in [-0.2, -0.15) is 0 Å². The highest BCUT2D eigenvalue weighted by Crippen LogP contribution is 2.28. The van der Waals surface area contributed by atoms with Crippen molar-refractivity contribution >= 4 is 21.8 Å². The molecule has 1 aliphatic rings. The molecule has 0 aromatic heterocycles. The molecular formula is C16H22BrNO. The first kappa shape index (κ1) is 14.6. The molecule has 1 aromatic rings. The van der Waals surface area contributed by atoms with Crippen molar-refractivity contribution in [2.45, 2.75) is 37.4 Å². The number of carbonyl (C=O) groups is 1. The van der Waals surface area contributed by atoms with Crippen LogP contribution in [-0.2, 0) is 4.79 Å². The van der Waals surface area contributed by atoms with Gasteiger partial charge in [0.1, 0.15) is 0 Å². The Morgan fingerprint density at radius 2 is 2.11 bits per heavy atom. The van der Waals surface area contributed by atoms with Crippen LogP contribution in [0.5, 0.6) is 0 Å². The number of likely N-dealkylation sites (tertiary alicyclic amines) is 1. The number of amides is 1. The summed E-state index contributed by atoms with van der Waals surface area (Å²) in [7, 11) is 0. The molecule has 1 aromatic carbocycles. The van der Waals surface area contributed by atoms with E-state index in [0.717, 1.165) is 31.5 Å². The number of benzene rings is 1. The standard InChI is InChI=1S/C16H22BrNO/c1-3-14(13-7-5-4-6-8-13)16(19)18-10-9-15(17)12(2)11-18/h4-8,12,14-15H,3,9-11H2,1-2H3. The van der Waals surface area contributed by atoms with Gasteiger partial charge in [0.25, 0.3) is 0 Å². The van der Waals surface area contributed by atoms with Gasteiger partial charge >= 0.3 is 0 Å². The number of alkyl halides is 1. The lowest BCUT2D eigenvalue weighted by molar-refractivity contribution is -0.134. The lowest BCUT2D eigenvalue weighted by atomic mass is 9.92. The van der Waals surface area contributed by atoms with Gasteiger partial charge in [-0.15, -0.1) is 0 Å². The molecule has 19 heavy (non-hydrogen) atoms. The first-order valence-electron chi connectivity index (χ1n) is 7.11. The lowest BCUT2D eigenvalue weighted by Gasteiger charge is -2.36. The maximum atomic E-state index is 12.7. The molecule has 0 N–H and O–H groups in total. The fraction of sp³-hybridized carbons (Fsp3) is 0.562. The fourth-order valence-electron chi connectivity index (χ4n) is 2.78. The van der Waals surface area contributed by atoms with Gasteiger partial charge in [-0.1, -0.05) is 60.1 Å². The van der Waals surface area contributed by atoms with E-state index in [1.807, 2.05) is 23.1 Å².